The summed E-state index contributed by atoms with van der Waals surface area (Å²) in [6.07, 6.45) is 4.24. The predicted octanol–water partition coefficient (Wildman–Crippen LogP) is 1.45. The molecule has 20 heavy (non-hydrogen) atoms. The van der Waals surface area contributed by atoms with E-state index in [9.17, 15) is 4.79 Å². The molecule has 1 aromatic rings. The summed E-state index contributed by atoms with van der Waals surface area (Å²) < 4.78 is 5.13. The number of piperidine rings is 1. The molecule has 0 saturated carbocycles. The van der Waals surface area contributed by atoms with E-state index in [1.807, 2.05) is 6.92 Å². The quantitative estimate of drug-likeness (QED) is 0.846. The van der Waals surface area contributed by atoms with Crippen LogP contribution < -0.4 is 10.2 Å². The monoisotopic (exact) mass is 275 g/mol. The Labute approximate surface area is 119 Å². The fraction of sp³-hybridized carbons (Fsp3) is 0.600. The first kappa shape index (κ1) is 13.4. The molecule has 0 radical (unpaired) electrons. The van der Waals surface area contributed by atoms with Crippen molar-refractivity contribution in [2.45, 2.75) is 25.8 Å². The smallest absolute Gasteiger partial charge is 0.341 e. The molecule has 3 rings (SSSR count). The number of hydrogen-bond acceptors (Lipinski definition) is 5. The molecular formula is C15H21N3O2. The summed E-state index contributed by atoms with van der Waals surface area (Å²) >= 11 is 0. The van der Waals surface area contributed by atoms with Crippen LogP contribution in [0.2, 0.25) is 0 Å². The first-order valence-corrected chi connectivity index (χ1v) is 7.40. The van der Waals surface area contributed by atoms with Crippen molar-refractivity contribution in [2.75, 3.05) is 31.1 Å². The van der Waals surface area contributed by atoms with Gasteiger partial charge in [0.2, 0.25) is 0 Å². The van der Waals surface area contributed by atoms with Gasteiger partial charge in [0.15, 0.2) is 0 Å². The van der Waals surface area contributed by atoms with Gasteiger partial charge in [-0.15, -0.1) is 0 Å². The highest BCUT2D eigenvalue weighted by atomic mass is 16.5. The van der Waals surface area contributed by atoms with E-state index in [1.165, 1.54) is 12.8 Å². The Morgan fingerprint density at radius 1 is 1.55 bits per heavy atom. The molecule has 2 fully saturated rings. The maximum atomic E-state index is 12.0. The van der Waals surface area contributed by atoms with Crippen LogP contribution in [0.1, 0.15) is 30.1 Å². The number of anilines is 1. The molecule has 0 spiro atoms. The summed E-state index contributed by atoms with van der Waals surface area (Å²) in [5, 5.41) is 3.57. The fourth-order valence-electron chi connectivity index (χ4n) is 3.24. The van der Waals surface area contributed by atoms with Gasteiger partial charge in [0, 0.05) is 25.3 Å². The number of carbonyl (C=O) groups is 1. The van der Waals surface area contributed by atoms with Crippen LogP contribution in [0, 0.1) is 5.92 Å². The number of aromatic nitrogens is 1. The molecule has 2 atom stereocenters. The van der Waals surface area contributed by atoms with Crippen LogP contribution in [0.3, 0.4) is 0 Å². The van der Waals surface area contributed by atoms with Crippen molar-refractivity contribution in [2.24, 2.45) is 5.92 Å². The van der Waals surface area contributed by atoms with Crippen LogP contribution in [-0.4, -0.2) is 43.2 Å². The summed E-state index contributed by atoms with van der Waals surface area (Å²) in [6.45, 7) is 5.21. The Hall–Kier alpha value is -1.62. The fourth-order valence-corrected chi connectivity index (χ4v) is 3.24. The second-order valence-corrected chi connectivity index (χ2v) is 5.46. The third-order valence-electron chi connectivity index (χ3n) is 4.18. The van der Waals surface area contributed by atoms with Crippen molar-refractivity contribution in [3.05, 3.63) is 23.9 Å². The zero-order valence-corrected chi connectivity index (χ0v) is 11.8. The molecule has 1 N–H and O–H groups in total. The maximum absolute atomic E-state index is 12.0. The highest BCUT2D eigenvalue weighted by Crippen LogP contribution is 2.29. The molecule has 0 aliphatic carbocycles. The van der Waals surface area contributed by atoms with Crippen molar-refractivity contribution in [3.63, 3.8) is 0 Å². The van der Waals surface area contributed by atoms with Crippen molar-refractivity contribution in [3.8, 4) is 0 Å². The van der Waals surface area contributed by atoms with E-state index in [2.05, 4.69) is 15.2 Å². The summed E-state index contributed by atoms with van der Waals surface area (Å²) in [7, 11) is 0. The van der Waals surface area contributed by atoms with E-state index >= 15 is 0 Å². The van der Waals surface area contributed by atoms with Crippen LogP contribution in [0.5, 0.6) is 0 Å². The minimum atomic E-state index is -0.279. The van der Waals surface area contributed by atoms with Crippen LogP contribution in [-0.2, 0) is 4.74 Å². The van der Waals surface area contributed by atoms with Gasteiger partial charge >= 0.3 is 5.97 Å². The van der Waals surface area contributed by atoms with Gasteiger partial charge in [0.1, 0.15) is 11.4 Å². The van der Waals surface area contributed by atoms with Gasteiger partial charge in [0.05, 0.1) is 6.61 Å². The van der Waals surface area contributed by atoms with E-state index in [4.69, 9.17) is 4.74 Å². The van der Waals surface area contributed by atoms with Gasteiger partial charge < -0.3 is 15.0 Å². The molecule has 0 aromatic carbocycles. The Kier molecular flexibility index (Phi) is 3.87. The van der Waals surface area contributed by atoms with Crippen LogP contribution in [0.4, 0.5) is 5.82 Å². The summed E-state index contributed by atoms with van der Waals surface area (Å²) in [5.74, 6) is 1.15. The number of nitrogens with one attached hydrogen (secondary N) is 1. The molecule has 2 saturated heterocycles. The molecule has 2 aliphatic heterocycles. The van der Waals surface area contributed by atoms with E-state index in [0.29, 0.717) is 24.1 Å². The lowest BCUT2D eigenvalue weighted by molar-refractivity contribution is 0.0526. The number of ether oxygens (including phenoxy) is 1. The molecule has 0 bridgehead atoms. The minimum Gasteiger partial charge on any atom is -0.462 e. The second-order valence-electron chi connectivity index (χ2n) is 5.46. The largest absolute Gasteiger partial charge is 0.462 e. The SMILES string of the molecule is CCOC(=O)c1cccnc1N1C[C@@H]2CCCN[C@@H]2C1. The highest BCUT2D eigenvalue weighted by Gasteiger charge is 2.36. The van der Waals surface area contributed by atoms with E-state index in [1.54, 1.807) is 18.3 Å². The molecule has 3 heterocycles. The van der Waals surface area contributed by atoms with Gasteiger partial charge in [-0.25, -0.2) is 9.78 Å². The summed E-state index contributed by atoms with van der Waals surface area (Å²) in [5.41, 5.74) is 0.577. The molecule has 5 heteroatoms. The minimum absolute atomic E-state index is 0.279. The number of pyridine rings is 1. The van der Waals surface area contributed by atoms with Gasteiger partial charge in [-0.2, -0.15) is 0 Å². The molecule has 1 aromatic heterocycles. The van der Waals surface area contributed by atoms with Crippen molar-refractivity contribution in [1.82, 2.24) is 10.3 Å². The van der Waals surface area contributed by atoms with Crippen LogP contribution >= 0.6 is 0 Å². The van der Waals surface area contributed by atoms with Crippen LogP contribution in [0.25, 0.3) is 0 Å². The molecule has 5 nitrogen and oxygen atoms in total. The lowest BCUT2D eigenvalue weighted by Gasteiger charge is -2.24. The molecule has 0 unspecified atom stereocenters. The first-order chi connectivity index (χ1) is 9.79. The van der Waals surface area contributed by atoms with Crippen molar-refractivity contribution < 1.29 is 9.53 Å². The highest BCUT2D eigenvalue weighted by molar-refractivity contribution is 5.94. The molecule has 108 valence electrons. The normalized spacial score (nSPS) is 25.4. The summed E-state index contributed by atoms with van der Waals surface area (Å²) in [4.78, 5) is 18.7. The third-order valence-corrected chi connectivity index (χ3v) is 4.18. The lowest BCUT2D eigenvalue weighted by Crippen LogP contribution is -2.40. The Morgan fingerprint density at radius 3 is 3.25 bits per heavy atom. The van der Waals surface area contributed by atoms with Gasteiger partial charge in [0.25, 0.3) is 0 Å². The summed E-state index contributed by atoms with van der Waals surface area (Å²) in [6, 6.07) is 4.12. The molecule has 2 aliphatic rings. The molecular weight excluding hydrogens is 254 g/mol. The lowest BCUT2D eigenvalue weighted by atomic mass is 9.94. The third kappa shape index (κ3) is 2.50. The number of carbonyl (C=O) groups excluding carboxylic acids is 1. The number of nitrogens with zero attached hydrogens (tertiary/aromatic N) is 2. The Bertz CT molecular complexity index is 478. The Morgan fingerprint density at radius 2 is 2.45 bits per heavy atom. The van der Waals surface area contributed by atoms with Crippen molar-refractivity contribution >= 4 is 11.8 Å². The second kappa shape index (κ2) is 5.79. The Balaban J connectivity index is 1.82. The van der Waals surface area contributed by atoms with Crippen molar-refractivity contribution in [1.29, 1.82) is 0 Å². The topological polar surface area (TPSA) is 54.5 Å². The maximum Gasteiger partial charge on any atom is 0.341 e. The van der Waals surface area contributed by atoms with E-state index < -0.39 is 0 Å². The van der Waals surface area contributed by atoms with E-state index in [0.717, 1.165) is 25.5 Å². The zero-order chi connectivity index (χ0) is 13.9. The van der Waals surface area contributed by atoms with E-state index in [-0.39, 0.29) is 5.97 Å². The standard InChI is InChI=1S/C15H21N3O2/c1-2-20-15(19)12-6-4-8-17-14(12)18-9-11-5-3-7-16-13(11)10-18/h4,6,8,11,13,16H,2-3,5,7,9-10H2,1H3/t11-,13+/m0/s1. The van der Waals surface area contributed by atoms with Gasteiger partial charge in [-0.05, 0) is 44.4 Å². The molecule has 0 amide bonds. The van der Waals surface area contributed by atoms with Gasteiger partial charge in [-0.3, -0.25) is 0 Å². The number of rotatable bonds is 3. The van der Waals surface area contributed by atoms with Crippen LogP contribution in [0.15, 0.2) is 18.3 Å². The number of hydrogen-bond donors (Lipinski definition) is 1. The first-order valence-electron chi connectivity index (χ1n) is 7.40. The zero-order valence-electron chi connectivity index (χ0n) is 11.8. The predicted molar refractivity (Wildman–Crippen MR) is 76.9 cm³/mol. The number of esters is 1. The average molecular weight is 275 g/mol. The average Bonchev–Trinajstić information content (AvgIpc) is 2.91. The van der Waals surface area contributed by atoms with Gasteiger partial charge in [-0.1, -0.05) is 0 Å². The number of fused-ring (bicyclic) bond motifs is 1.